The van der Waals surface area contributed by atoms with Gasteiger partial charge in [0, 0.05) is 7.05 Å². The van der Waals surface area contributed by atoms with Crippen LogP contribution in [0.3, 0.4) is 0 Å². The Kier molecular flexibility index (Phi) is 3.89. The predicted octanol–water partition coefficient (Wildman–Crippen LogP) is 1.56. The van der Waals surface area contributed by atoms with Gasteiger partial charge in [0.1, 0.15) is 5.60 Å². The average Bonchev–Trinajstić information content (AvgIpc) is 2.02. The van der Waals surface area contributed by atoms with Crippen LogP contribution in [0.25, 0.3) is 0 Å². The Bertz CT molecular complexity index is 204. The average molecular weight is 201 g/mol. The van der Waals surface area contributed by atoms with E-state index in [2.05, 4.69) is 12.4 Å². The minimum absolute atomic E-state index is 0.0954. The molecular weight excluding hydrogens is 182 g/mol. The zero-order valence-electron chi connectivity index (χ0n) is 8.88. The molecule has 4 heteroatoms. The summed E-state index contributed by atoms with van der Waals surface area (Å²) in [7, 11) is 1.68. The first kappa shape index (κ1) is 11.5. The van der Waals surface area contributed by atoms with Crippen molar-refractivity contribution >= 4 is 5.97 Å². The molecule has 0 aliphatic heterocycles. The summed E-state index contributed by atoms with van der Waals surface area (Å²) in [4.78, 5) is 16.2. The van der Waals surface area contributed by atoms with Gasteiger partial charge < -0.3 is 5.11 Å². The van der Waals surface area contributed by atoms with Crippen LogP contribution >= 0.6 is 0 Å². The summed E-state index contributed by atoms with van der Waals surface area (Å²) in [6, 6.07) is 0. The fraction of sp³-hybridized carbons (Fsp3) is 0.900. The Labute approximate surface area is 84.6 Å². The molecule has 1 rings (SSSR count). The van der Waals surface area contributed by atoms with Gasteiger partial charge in [-0.2, -0.15) is 0 Å². The number of nitrogens with one attached hydrogen (secondary N) is 1. The fourth-order valence-corrected chi connectivity index (χ4v) is 2.39. The number of aliphatic carboxylic acids is 1. The van der Waals surface area contributed by atoms with Crippen molar-refractivity contribution in [2.24, 2.45) is 5.92 Å². The highest BCUT2D eigenvalue weighted by Gasteiger charge is 2.38. The highest BCUT2D eigenvalue weighted by molar-refractivity contribution is 5.68. The lowest BCUT2D eigenvalue weighted by atomic mass is 9.77. The van der Waals surface area contributed by atoms with Crippen molar-refractivity contribution in [3.05, 3.63) is 0 Å². The summed E-state index contributed by atoms with van der Waals surface area (Å²) < 4.78 is 0. The van der Waals surface area contributed by atoms with Gasteiger partial charge in [0.15, 0.2) is 0 Å². The zero-order valence-corrected chi connectivity index (χ0v) is 8.88. The maximum atomic E-state index is 10.7. The van der Waals surface area contributed by atoms with Crippen LogP contribution < -0.4 is 5.48 Å². The van der Waals surface area contributed by atoms with Gasteiger partial charge in [0.25, 0.3) is 0 Å². The molecular formula is C10H19NO3. The quantitative estimate of drug-likeness (QED) is 0.678. The molecule has 0 amide bonds. The Balaban J connectivity index is 2.64. The summed E-state index contributed by atoms with van der Waals surface area (Å²) in [6.45, 7) is 2.15. The van der Waals surface area contributed by atoms with Gasteiger partial charge in [0.2, 0.25) is 0 Å². The van der Waals surface area contributed by atoms with E-state index >= 15 is 0 Å². The van der Waals surface area contributed by atoms with E-state index in [1.165, 1.54) is 6.42 Å². The second kappa shape index (κ2) is 4.75. The molecule has 1 aliphatic rings. The van der Waals surface area contributed by atoms with Gasteiger partial charge >= 0.3 is 5.97 Å². The molecule has 0 saturated heterocycles. The van der Waals surface area contributed by atoms with Crippen LogP contribution in [0, 0.1) is 5.92 Å². The minimum Gasteiger partial charge on any atom is -0.481 e. The number of carboxylic acid groups (broad SMARTS) is 1. The standard InChI is InChI=1S/C10H19NO3/c1-8-4-3-5-10(6-8,14-11-2)7-9(12)13/h8,11H,3-7H2,1-2H3,(H,12,13). The van der Waals surface area contributed by atoms with Gasteiger partial charge in [-0.1, -0.05) is 19.8 Å². The first-order valence-electron chi connectivity index (χ1n) is 5.14. The topological polar surface area (TPSA) is 58.6 Å². The van der Waals surface area contributed by atoms with Crippen LogP contribution in [0.2, 0.25) is 0 Å². The molecule has 0 heterocycles. The summed E-state index contributed by atoms with van der Waals surface area (Å²) in [5, 5.41) is 8.84. The fourth-order valence-electron chi connectivity index (χ4n) is 2.39. The molecule has 0 spiro atoms. The zero-order chi connectivity index (χ0) is 10.6. The number of rotatable bonds is 4. The van der Waals surface area contributed by atoms with Gasteiger partial charge in [-0.15, -0.1) is 0 Å². The molecule has 14 heavy (non-hydrogen) atoms. The molecule has 2 N–H and O–H groups in total. The lowest BCUT2D eigenvalue weighted by molar-refractivity contribution is -0.160. The third kappa shape index (κ3) is 2.96. The molecule has 0 radical (unpaired) electrons. The van der Waals surface area contributed by atoms with Gasteiger partial charge in [-0.3, -0.25) is 9.63 Å². The van der Waals surface area contributed by atoms with Crippen LogP contribution in [-0.2, 0) is 9.63 Å². The van der Waals surface area contributed by atoms with Crippen molar-refractivity contribution in [1.29, 1.82) is 0 Å². The monoisotopic (exact) mass is 201 g/mol. The van der Waals surface area contributed by atoms with E-state index in [9.17, 15) is 4.79 Å². The molecule has 1 aliphatic carbocycles. The Hall–Kier alpha value is -0.610. The number of carbonyl (C=O) groups is 1. The lowest BCUT2D eigenvalue weighted by Crippen LogP contribution is -2.42. The highest BCUT2D eigenvalue weighted by Crippen LogP contribution is 2.36. The molecule has 2 unspecified atom stereocenters. The van der Waals surface area contributed by atoms with E-state index in [0.29, 0.717) is 5.92 Å². The summed E-state index contributed by atoms with van der Waals surface area (Å²) >= 11 is 0. The van der Waals surface area contributed by atoms with Crippen LogP contribution in [0.4, 0.5) is 0 Å². The van der Waals surface area contributed by atoms with Crippen molar-refractivity contribution < 1.29 is 14.7 Å². The Morgan fingerprint density at radius 3 is 2.93 bits per heavy atom. The van der Waals surface area contributed by atoms with Crippen molar-refractivity contribution in [1.82, 2.24) is 5.48 Å². The molecule has 0 aromatic heterocycles. The van der Waals surface area contributed by atoms with Crippen LogP contribution in [0.15, 0.2) is 0 Å². The van der Waals surface area contributed by atoms with Gasteiger partial charge in [0.05, 0.1) is 6.42 Å². The molecule has 2 atom stereocenters. The second-order valence-corrected chi connectivity index (χ2v) is 4.26. The molecule has 82 valence electrons. The maximum absolute atomic E-state index is 10.7. The molecule has 0 bridgehead atoms. The van der Waals surface area contributed by atoms with Gasteiger partial charge in [-0.05, 0) is 18.8 Å². The Morgan fingerprint density at radius 2 is 2.43 bits per heavy atom. The van der Waals surface area contributed by atoms with Crippen LogP contribution in [0.5, 0.6) is 0 Å². The molecule has 0 aromatic rings. The van der Waals surface area contributed by atoms with E-state index in [4.69, 9.17) is 9.94 Å². The molecule has 1 fully saturated rings. The van der Waals surface area contributed by atoms with Crippen molar-refractivity contribution in [3.63, 3.8) is 0 Å². The van der Waals surface area contributed by atoms with E-state index in [0.717, 1.165) is 19.3 Å². The smallest absolute Gasteiger partial charge is 0.306 e. The third-order valence-electron chi connectivity index (χ3n) is 2.84. The second-order valence-electron chi connectivity index (χ2n) is 4.26. The molecule has 0 aromatic carbocycles. The summed E-state index contributed by atoms with van der Waals surface area (Å²) in [6.07, 6.45) is 3.99. The first-order valence-corrected chi connectivity index (χ1v) is 5.14. The SMILES string of the molecule is CNOC1(CC(=O)O)CCCC(C)C1. The number of carboxylic acids is 1. The van der Waals surface area contributed by atoms with E-state index in [1.807, 2.05) is 0 Å². The summed E-state index contributed by atoms with van der Waals surface area (Å²) in [5.74, 6) is -0.231. The van der Waals surface area contributed by atoms with Crippen molar-refractivity contribution in [3.8, 4) is 0 Å². The van der Waals surface area contributed by atoms with Gasteiger partial charge in [-0.25, -0.2) is 5.48 Å². The van der Waals surface area contributed by atoms with E-state index < -0.39 is 11.6 Å². The first-order chi connectivity index (χ1) is 6.58. The maximum Gasteiger partial charge on any atom is 0.306 e. The highest BCUT2D eigenvalue weighted by atomic mass is 16.7. The van der Waals surface area contributed by atoms with Crippen molar-refractivity contribution in [2.45, 2.75) is 44.6 Å². The van der Waals surface area contributed by atoms with E-state index in [-0.39, 0.29) is 6.42 Å². The minimum atomic E-state index is -0.783. The largest absolute Gasteiger partial charge is 0.481 e. The summed E-state index contributed by atoms with van der Waals surface area (Å²) in [5.41, 5.74) is 2.15. The van der Waals surface area contributed by atoms with Crippen molar-refractivity contribution in [2.75, 3.05) is 7.05 Å². The van der Waals surface area contributed by atoms with Crippen LogP contribution in [-0.4, -0.2) is 23.7 Å². The van der Waals surface area contributed by atoms with E-state index in [1.54, 1.807) is 7.05 Å². The predicted molar refractivity (Wildman–Crippen MR) is 52.8 cm³/mol. The normalized spacial score (nSPS) is 32.9. The molecule has 4 nitrogen and oxygen atoms in total. The molecule has 1 saturated carbocycles. The number of hydrogen-bond donors (Lipinski definition) is 2. The Morgan fingerprint density at radius 1 is 1.71 bits per heavy atom. The number of hydrogen-bond acceptors (Lipinski definition) is 3. The third-order valence-corrected chi connectivity index (χ3v) is 2.84. The lowest BCUT2D eigenvalue weighted by Gasteiger charge is -2.37. The van der Waals surface area contributed by atoms with Crippen LogP contribution in [0.1, 0.15) is 39.0 Å². The number of hydroxylamine groups is 1.